The Hall–Kier alpha value is -1.55. The number of benzene rings is 1. The Bertz CT molecular complexity index is 543. The van der Waals surface area contributed by atoms with E-state index < -0.39 is 0 Å². The van der Waals surface area contributed by atoms with Crippen molar-refractivity contribution in [2.45, 2.75) is 33.1 Å². The van der Waals surface area contributed by atoms with Gasteiger partial charge in [-0.3, -0.25) is 0 Å². The number of nitrogen functional groups attached to an aromatic ring is 1. The smallest absolute Gasteiger partial charge is 0.258 e. The Balaban J connectivity index is 0.00000162. The summed E-state index contributed by atoms with van der Waals surface area (Å²) in [4.78, 5) is 4.42. The molecule has 0 atom stereocenters. The Morgan fingerprint density at radius 3 is 2.44 bits per heavy atom. The van der Waals surface area contributed by atoms with Gasteiger partial charge in [-0.25, -0.2) is 0 Å². The van der Waals surface area contributed by atoms with Crippen LogP contribution >= 0.6 is 12.4 Å². The largest absolute Gasteiger partial charge is 0.399 e. The van der Waals surface area contributed by atoms with Crippen LogP contribution < -0.4 is 5.73 Å². The molecule has 98 valence electrons. The van der Waals surface area contributed by atoms with Gasteiger partial charge in [-0.2, -0.15) is 4.98 Å². The lowest BCUT2D eigenvalue weighted by molar-refractivity contribution is 0.402. The van der Waals surface area contributed by atoms with E-state index in [1.807, 2.05) is 45.9 Å². The first-order valence-electron chi connectivity index (χ1n) is 5.58. The average Bonchev–Trinajstić information content (AvgIpc) is 2.70. The van der Waals surface area contributed by atoms with Crippen LogP contribution in [0.5, 0.6) is 0 Å². The Morgan fingerprint density at radius 1 is 1.22 bits per heavy atom. The molecule has 1 aromatic carbocycles. The summed E-state index contributed by atoms with van der Waals surface area (Å²) >= 11 is 0. The van der Waals surface area contributed by atoms with Crippen molar-refractivity contribution in [2.75, 3.05) is 5.73 Å². The zero-order valence-electron chi connectivity index (χ0n) is 11.0. The molecule has 5 heteroatoms. The molecular formula is C13H18ClN3O. The van der Waals surface area contributed by atoms with E-state index in [2.05, 4.69) is 10.1 Å². The zero-order chi connectivity index (χ0) is 12.6. The van der Waals surface area contributed by atoms with E-state index in [-0.39, 0.29) is 17.8 Å². The molecule has 0 amide bonds. The van der Waals surface area contributed by atoms with E-state index in [1.165, 1.54) is 0 Å². The number of halogens is 1. The molecule has 1 heterocycles. The molecule has 4 nitrogen and oxygen atoms in total. The molecule has 2 aromatic rings. The molecule has 0 fully saturated rings. The molecule has 0 bridgehead atoms. The topological polar surface area (TPSA) is 64.9 Å². The van der Waals surface area contributed by atoms with Gasteiger partial charge in [0.25, 0.3) is 5.89 Å². The van der Waals surface area contributed by atoms with Crippen LogP contribution in [0.25, 0.3) is 11.5 Å². The predicted molar refractivity (Wildman–Crippen MR) is 74.8 cm³/mol. The van der Waals surface area contributed by atoms with Crippen molar-refractivity contribution in [3.8, 4) is 11.5 Å². The number of nitrogens with two attached hydrogens (primary N) is 1. The lowest BCUT2D eigenvalue weighted by atomic mass is 9.96. The minimum absolute atomic E-state index is 0. The van der Waals surface area contributed by atoms with Gasteiger partial charge in [0.1, 0.15) is 0 Å². The molecule has 1 aromatic heterocycles. The Labute approximate surface area is 113 Å². The highest BCUT2D eigenvalue weighted by atomic mass is 35.5. The molecule has 0 aliphatic carbocycles. The maximum Gasteiger partial charge on any atom is 0.258 e. The number of hydrogen-bond donors (Lipinski definition) is 1. The summed E-state index contributed by atoms with van der Waals surface area (Å²) in [5, 5.41) is 4.01. The molecule has 0 saturated carbocycles. The van der Waals surface area contributed by atoms with Crippen molar-refractivity contribution >= 4 is 18.1 Å². The van der Waals surface area contributed by atoms with Crippen LogP contribution in [0.1, 0.15) is 32.2 Å². The summed E-state index contributed by atoms with van der Waals surface area (Å²) in [6, 6.07) is 5.67. The van der Waals surface area contributed by atoms with E-state index in [0.717, 1.165) is 11.1 Å². The highest BCUT2D eigenvalue weighted by Gasteiger charge is 2.22. The molecule has 0 spiro atoms. The first kappa shape index (κ1) is 14.5. The van der Waals surface area contributed by atoms with Crippen molar-refractivity contribution in [3.05, 3.63) is 29.6 Å². The number of anilines is 1. The third kappa shape index (κ3) is 2.82. The molecule has 2 rings (SSSR count). The fourth-order valence-electron chi connectivity index (χ4n) is 1.51. The monoisotopic (exact) mass is 267 g/mol. The minimum Gasteiger partial charge on any atom is -0.399 e. The van der Waals surface area contributed by atoms with Crippen molar-refractivity contribution in [1.82, 2.24) is 10.1 Å². The molecular weight excluding hydrogens is 250 g/mol. The maximum atomic E-state index is 5.77. The van der Waals surface area contributed by atoms with Gasteiger partial charge in [0.05, 0.1) is 0 Å². The second-order valence-electron chi connectivity index (χ2n) is 5.25. The van der Waals surface area contributed by atoms with E-state index >= 15 is 0 Å². The van der Waals surface area contributed by atoms with Crippen LogP contribution in [0, 0.1) is 6.92 Å². The Morgan fingerprint density at radius 2 is 1.89 bits per heavy atom. The van der Waals surface area contributed by atoms with E-state index in [9.17, 15) is 0 Å². The first-order chi connectivity index (χ1) is 7.88. The maximum absolute atomic E-state index is 5.77. The first-order valence-corrected chi connectivity index (χ1v) is 5.58. The van der Waals surface area contributed by atoms with Gasteiger partial charge in [0, 0.05) is 16.7 Å². The minimum atomic E-state index is -0.115. The second kappa shape index (κ2) is 4.98. The van der Waals surface area contributed by atoms with Crippen molar-refractivity contribution in [3.63, 3.8) is 0 Å². The van der Waals surface area contributed by atoms with Gasteiger partial charge in [-0.15, -0.1) is 12.4 Å². The number of nitrogens with zero attached hydrogens (tertiary/aromatic N) is 2. The van der Waals surface area contributed by atoms with Gasteiger partial charge < -0.3 is 10.3 Å². The van der Waals surface area contributed by atoms with Crippen LogP contribution in [0.4, 0.5) is 5.69 Å². The lowest BCUT2D eigenvalue weighted by Crippen LogP contribution is -2.13. The van der Waals surface area contributed by atoms with Gasteiger partial charge in [0.2, 0.25) is 0 Å². The van der Waals surface area contributed by atoms with Crippen LogP contribution in [0.3, 0.4) is 0 Å². The van der Waals surface area contributed by atoms with Crippen molar-refractivity contribution in [1.29, 1.82) is 0 Å². The highest BCUT2D eigenvalue weighted by Crippen LogP contribution is 2.27. The second-order valence-corrected chi connectivity index (χ2v) is 5.25. The van der Waals surface area contributed by atoms with Gasteiger partial charge in [-0.05, 0) is 24.6 Å². The zero-order valence-corrected chi connectivity index (χ0v) is 11.8. The van der Waals surface area contributed by atoms with Gasteiger partial charge >= 0.3 is 0 Å². The van der Waals surface area contributed by atoms with Gasteiger partial charge in [-0.1, -0.05) is 32.0 Å². The fraction of sp³-hybridized carbons (Fsp3) is 0.385. The standard InChI is InChI=1S/C13H17N3O.ClH/c1-8-5-6-9(14)7-10(8)11-15-12(16-17-11)13(2,3)4;/h5-7H,14H2,1-4H3;1H. The summed E-state index contributed by atoms with van der Waals surface area (Å²) in [7, 11) is 0. The summed E-state index contributed by atoms with van der Waals surface area (Å²) in [5.41, 5.74) is 8.32. The number of rotatable bonds is 1. The quantitative estimate of drug-likeness (QED) is 0.805. The normalized spacial score (nSPS) is 11.1. The van der Waals surface area contributed by atoms with Crippen LogP contribution in [0.2, 0.25) is 0 Å². The molecule has 0 aliphatic rings. The summed E-state index contributed by atoms with van der Waals surface area (Å²) in [6.07, 6.45) is 0. The van der Waals surface area contributed by atoms with Crippen LogP contribution in [0.15, 0.2) is 22.7 Å². The SMILES string of the molecule is Cc1ccc(N)cc1-c1nc(C(C)(C)C)no1.Cl. The van der Waals surface area contributed by atoms with Crippen LogP contribution in [-0.4, -0.2) is 10.1 Å². The van der Waals surface area contributed by atoms with E-state index in [1.54, 1.807) is 0 Å². The highest BCUT2D eigenvalue weighted by molar-refractivity contribution is 5.85. The third-order valence-electron chi connectivity index (χ3n) is 2.59. The number of hydrogen-bond acceptors (Lipinski definition) is 4. The molecule has 0 unspecified atom stereocenters. The molecule has 0 saturated heterocycles. The fourth-order valence-corrected chi connectivity index (χ4v) is 1.51. The van der Waals surface area contributed by atoms with Crippen molar-refractivity contribution in [2.24, 2.45) is 0 Å². The Kier molecular flexibility index (Phi) is 4.02. The predicted octanol–water partition coefficient (Wildman–Crippen LogP) is 3.35. The average molecular weight is 268 g/mol. The summed E-state index contributed by atoms with van der Waals surface area (Å²) in [5.74, 6) is 1.23. The molecule has 18 heavy (non-hydrogen) atoms. The molecule has 0 aliphatic heterocycles. The molecule has 2 N–H and O–H groups in total. The summed E-state index contributed by atoms with van der Waals surface area (Å²) in [6.45, 7) is 8.14. The molecule has 0 radical (unpaired) electrons. The lowest BCUT2D eigenvalue weighted by Gasteiger charge is -2.10. The van der Waals surface area contributed by atoms with Crippen LogP contribution in [-0.2, 0) is 5.41 Å². The van der Waals surface area contributed by atoms with Crippen molar-refractivity contribution < 1.29 is 4.52 Å². The van der Waals surface area contributed by atoms with E-state index in [0.29, 0.717) is 17.4 Å². The third-order valence-corrected chi connectivity index (χ3v) is 2.59. The van der Waals surface area contributed by atoms with Gasteiger partial charge in [0.15, 0.2) is 5.82 Å². The number of aromatic nitrogens is 2. The summed E-state index contributed by atoms with van der Waals surface area (Å²) < 4.78 is 5.30. The number of aryl methyl sites for hydroxylation is 1. The van der Waals surface area contributed by atoms with E-state index in [4.69, 9.17) is 10.3 Å².